The van der Waals surface area contributed by atoms with Crippen molar-refractivity contribution in [2.75, 3.05) is 57.9 Å². The highest BCUT2D eigenvalue weighted by molar-refractivity contribution is 14.0. The summed E-state index contributed by atoms with van der Waals surface area (Å²) >= 11 is 0. The molecule has 0 bridgehead atoms. The molecule has 2 N–H and O–H groups in total. The van der Waals surface area contributed by atoms with E-state index in [1.807, 2.05) is 6.92 Å². The summed E-state index contributed by atoms with van der Waals surface area (Å²) in [6.07, 6.45) is 3.69. The van der Waals surface area contributed by atoms with Gasteiger partial charge in [0.1, 0.15) is 9.84 Å². The van der Waals surface area contributed by atoms with E-state index in [1.165, 1.54) is 25.6 Å². The van der Waals surface area contributed by atoms with Crippen molar-refractivity contribution in [1.29, 1.82) is 0 Å². The number of rotatable bonds is 10. The maximum absolute atomic E-state index is 11.0. The van der Waals surface area contributed by atoms with Gasteiger partial charge < -0.3 is 15.4 Å². The van der Waals surface area contributed by atoms with Gasteiger partial charge in [-0.1, -0.05) is 6.92 Å². The van der Waals surface area contributed by atoms with Crippen LogP contribution in [-0.4, -0.2) is 83.3 Å². The highest BCUT2D eigenvalue weighted by atomic mass is 127. The molecule has 7 nitrogen and oxygen atoms in total. The number of halogens is 1. The van der Waals surface area contributed by atoms with Crippen LogP contribution in [0.2, 0.25) is 0 Å². The molecule has 0 spiro atoms. The lowest BCUT2D eigenvalue weighted by molar-refractivity contribution is 0.154. The topological polar surface area (TPSA) is 83.0 Å². The Hall–Kier alpha value is -0.130. The Kier molecular flexibility index (Phi) is 13.1. The van der Waals surface area contributed by atoms with Crippen molar-refractivity contribution in [3.63, 3.8) is 0 Å². The smallest absolute Gasteiger partial charge is 0.191 e. The molecule has 0 aromatic carbocycles. The van der Waals surface area contributed by atoms with Gasteiger partial charge >= 0.3 is 0 Å². The minimum absolute atomic E-state index is 0. The number of hydrogen-bond donors (Lipinski definition) is 2. The third-order valence-corrected chi connectivity index (χ3v) is 4.76. The van der Waals surface area contributed by atoms with E-state index in [4.69, 9.17) is 4.74 Å². The molecule has 0 aliphatic carbocycles. The first-order valence-corrected chi connectivity index (χ1v) is 10.5. The summed E-state index contributed by atoms with van der Waals surface area (Å²) in [6.45, 7) is 9.41. The first-order valence-electron chi connectivity index (χ1n) is 8.48. The lowest BCUT2D eigenvalue weighted by Gasteiger charge is -2.21. The highest BCUT2D eigenvalue weighted by Crippen LogP contribution is 2.16. The van der Waals surface area contributed by atoms with Crippen molar-refractivity contribution in [3.05, 3.63) is 0 Å². The van der Waals surface area contributed by atoms with Crippen LogP contribution in [0.25, 0.3) is 0 Å². The monoisotopic (exact) mass is 476 g/mol. The molecule has 1 rings (SSSR count). The Morgan fingerprint density at radius 3 is 2.67 bits per heavy atom. The predicted octanol–water partition coefficient (Wildman–Crippen LogP) is 0.705. The van der Waals surface area contributed by atoms with E-state index < -0.39 is 9.84 Å². The minimum Gasteiger partial charge on any atom is -0.379 e. The first kappa shape index (κ1) is 23.9. The molecule has 1 heterocycles. The summed E-state index contributed by atoms with van der Waals surface area (Å²) in [5, 5.41) is 6.44. The van der Waals surface area contributed by atoms with Crippen LogP contribution in [0, 0.1) is 0 Å². The lowest BCUT2D eigenvalue weighted by Crippen LogP contribution is -2.40. The van der Waals surface area contributed by atoms with Crippen LogP contribution in [0.4, 0.5) is 0 Å². The fourth-order valence-electron chi connectivity index (χ4n) is 2.61. The standard InChI is InChI=1S/C15H32N4O3S.HI/c1-4-16-15(17-8-10-22-11-12-23(3,20)21)18-13-14-7-6-9-19(14)5-2;/h14H,4-13H2,1-3H3,(H2,16,17,18);1H. The Morgan fingerprint density at radius 2 is 2.04 bits per heavy atom. The second-order valence-electron chi connectivity index (χ2n) is 5.81. The fourth-order valence-corrected chi connectivity index (χ4v) is 3.03. The van der Waals surface area contributed by atoms with Crippen molar-refractivity contribution >= 4 is 39.8 Å². The van der Waals surface area contributed by atoms with Crippen molar-refractivity contribution in [3.8, 4) is 0 Å². The summed E-state index contributed by atoms with van der Waals surface area (Å²) in [4.78, 5) is 7.13. The van der Waals surface area contributed by atoms with E-state index in [1.54, 1.807) is 0 Å². The normalized spacial score (nSPS) is 19.1. The van der Waals surface area contributed by atoms with Gasteiger partial charge in [0.2, 0.25) is 0 Å². The van der Waals surface area contributed by atoms with Crippen molar-refractivity contribution in [2.45, 2.75) is 32.7 Å². The van der Waals surface area contributed by atoms with Gasteiger partial charge in [-0.15, -0.1) is 24.0 Å². The van der Waals surface area contributed by atoms with Crippen LogP contribution in [0.3, 0.4) is 0 Å². The maximum Gasteiger partial charge on any atom is 0.191 e. The maximum atomic E-state index is 11.0. The second-order valence-corrected chi connectivity index (χ2v) is 8.07. The number of likely N-dealkylation sites (tertiary alicyclic amines) is 1. The molecule has 0 amide bonds. The van der Waals surface area contributed by atoms with Crippen LogP contribution in [-0.2, 0) is 14.6 Å². The van der Waals surface area contributed by atoms with Gasteiger partial charge in [0.05, 0.1) is 25.5 Å². The van der Waals surface area contributed by atoms with E-state index in [-0.39, 0.29) is 36.3 Å². The summed E-state index contributed by atoms with van der Waals surface area (Å²) in [6, 6.07) is 0.543. The van der Waals surface area contributed by atoms with Crippen LogP contribution in [0.15, 0.2) is 4.99 Å². The van der Waals surface area contributed by atoms with Gasteiger partial charge in [-0.3, -0.25) is 9.89 Å². The number of sulfone groups is 1. The largest absolute Gasteiger partial charge is 0.379 e. The van der Waals surface area contributed by atoms with Crippen molar-refractivity contribution in [2.24, 2.45) is 4.99 Å². The van der Waals surface area contributed by atoms with Gasteiger partial charge in [0.25, 0.3) is 0 Å². The zero-order chi connectivity index (χ0) is 17.1. The number of aliphatic imine (C=N–C) groups is 1. The van der Waals surface area contributed by atoms with E-state index in [2.05, 4.69) is 27.4 Å². The fraction of sp³-hybridized carbons (Fsp3) is 0.933. The molecule has 1 unspecified atom stereocenters. The molecule has 1 saturated heterocycles. The molecule has 1 aliphatic rings. The molecule has 0 aromatic heterocycles. The van der Waals surface area contributed by atoms with Crippen molar-refractivity contribution in [1.82, 2.24) is 15.5 Å². The molecule has 0 aromatic rings. The molecule has 1 fully saturated rings. The summed E-state index contributed by atoms with van der Waals surface area (Å²) in [5.74, 6) is 0.859. The zero-order valence-electron chi connectivity index (χ0n) is 15.1. The Balaban J connectivity index is 0.00000529. The molecular weight excluding hydrogens is 443 g/mol. The summed E-state index contributed by atoms with van der Waals surface area (Å²) < 4.78 is 27.3. The van der Waals surface area contributed by atoms with Gasteiger partial charge in [-0.2, -0.15) is 0 Å². The Bertz CT molecular complexity index is 460. The molecule has 144 valence electrons. The quantitative estimate of drug-likeness (QED) is 0.209. The van der Waals surface area contributed by atoms with Gasteiger partial charge in [-0.25, -0.2) is 8.42 Å². The number of guanidine groups is 1. The Labute approximate surface area is 163 Å². The Morgan fingerprint density at radius 1 is 1.29 bits per heavy atom. The first-order chi connectivity index (χ1) is 11.0. The van der Waals surface area contributed by atoms with E-state index in [0.717, 1.165) is 25.6 Å². The third kappa shape index (κ3) is 10.7. The third-order valence-electron chi connectivity index (χ3n) is 3.85. The number of ether oxygens (including phenoxy) is 1. The number of nitrogens with one attached hydrogen (secondary N) is 2. The number of likely N-dealkylation sites (N-methyl/N-ethyl adjacent to an activating group) is 1. The molecule has 1 aliphatic heterocycles. The average Bonchev–Trinajstić information content (AvgIpc) is 2.94. The molecule has 24 heavy (non-hydrogen) atoms. The molecule has 0 radical (unpaired) electrons. The van der Waals surface area contributed by atoms with Crippen molar-refractivity contribution < 1.29 is 13.2 Å². The molecule has 0 saturated carbocycles. The van der Waals surface area contributed by atoms with Gasteiger partial charge in [-0.05, 0) is 32.9 Å². The molecule has 1 atom stereocenters. The number of hydrogen-bond acceptors (Lipinski definition) is 5. The predicted molar refractivity (Wildman–Crippen MR) is 110 cm³/mol. The van der Waals surface area contributed by atoms with E-state index in [0.29, 0.717) is 19.2 Å². The zero-order valence-corrected chi connectivity index (χ0v) is 18.2. The number of nitrogens with zero attached hydrogens (tertiary/aromatic N) is 2. The molecular formula is C15H33IN4O3S. The van der Waals surface area contributed by atoms with Gasteiger partial charge in [0, 0.05) is 25.4 Å². The second kappa shape index (κ2) is 13.1. The molecule has 9 heteroatoms. The van der Waals surface area contributed by atoms with Crippen LogP contribution >= 0.6 is 24.0 Å². The van der Waals surface area contributed by atoms with E-state index in [9.17, 15) is 8.42 Å². The van der Waals surface area contributed by atoms with Crippen LogP contribution in [0.1, 0.15) is 26.7 Å². The SMILES string of the molecule is CCNC(=NCC1CCCN1CC)NCCOCCS(C)(=O)=O.I. The van der Waals surface area contributed by atoms with Crippen LogP contribution < -0.4 is 10.6 Å². The summed E-state index contributed by atoms with van der Waals surface area (Å²) in [7, 11) is -2.95. The van der Waals surface area contributed by atoms with E-state index >= 15 is 0 Å². The minimum atomic E-state index is -2.95. The van der Waals surface area contributed by atoms with Gasteiger partial charge in [0.15, 0.2) is 5.96 Å². The average molecular weight is 476 g/mol. The van der Waals surface area contributed by atoms with Crippen LogP contribution in [0.5, 0.6) is 0 Å². The highest BCUT2D eigenvalue weighted by Gasteiger charge is 2.22. The summed E-state index contributed by atoms with van der Waals surface area (Å²) in [5.41, 5.74) is 0. The lowest BCUT2D eigenvalue weighted by atomic mass is 10.2.